The number of nitrogens with zero attached hydrogens (tertiary/aromatic N) is 2. The molecule has 1 heterocycles. The number of hydrogen-bond acceptors (Lipinski definition) is 4. The van der Waals surface area contributed by atoms with E-state index in [4.69, 9.17) is 10.5 Å². The molecule has 0 aliphatic carbocycles. The Kier molecular flexibility index (Phi) is 5.44. The van der Waals surface area contributed by atoms with Gasteiger partial charge in [-0.2, -0.15) is 0 Å². The quantitative estimate of drug-likeness (QED) is 0.864. The number of anilines is 1. The van der Waals surface area contributed by atoms with Gasteiger partial charge in [-0.3, -0.25) is 4.90 Å². The maximum atomic E-state index is 11.9. The molecule has 1 amide bonds. The van der Waals surface area contributed by atoms with E-state index in [0.717, 1.165) is 38.4 Å². The molecule has 2 rings (SSSR count). The minimum atomic E-state index is -0.184. The van der Waals surface area contributed by atoms with Crippen molar-refractivity contribution < 1.29 is 9.53 Å². The summed E-state index contributed by atoms with van der Waals surface area (Å²) in [6.07, 6.45) is -0.184. The van der Waals surface area contributed by atoms with E-state index in [-0.39, 0.29) is 6.09 Å². The van der Waals surface area contributed by atoms with E-state index >= 15 is 0 Å². The fraction of sp³-hybridized carbons (Fsp3) is 0.562. The maximum absolute atomic E-state index is 11.9. The van der Waals surface area contributed by atoms with Crippen LogP contribution in [0.3, 0.4) is 0 Å². The van der Waals surface area contributed by atoms with E-state index in [9.17, 15) is 4.79 Å². The van der Waals surface area contributed by atoms with Crippen molar-refractivity contribution in [2.75, 3.05) is 38.5 Å². The van der Waals surface area contributed by atoms with Crippen molar-refractivity contribution in [1.29, 1.82) is 0 Å². The molecule has 5 heteroatoms. The molecular weight excluding hydrogens is 266 g/mol. The summed E-state index contributed by atoms with van der Waals surface area (Å²) in [5.74, 6) is 0.376. The minimum Gasteiger partial charge on any atom is -0.449 e. The van der Waals surface area contributed by atoms with Crippen LogP contribution in [-0.2, 0) is 11.3 Å². The van der Waals surface area contributed by atoms with E-state index in [0.29, 0.717) is 12.5 Å². The third-order valence-corrected chi connectivity index (χ3v) is 3.56. The predicted octanol–water partition coefficient (Wildman–Crippen LogP) is 2.18. The summed E-state index contributed by atoms with van der Waals surface area (Å²) in [7, 11) is 0. The van der Waals surface area contributed by atoms with Crippen LogP contribution in [0, 0.1) is 5.92 Å². The van der Waals surface area contributed by atoms with E-state index < -0.39 is 0 Å². The van der Waals surface area contributed by atoms with E-state index in [1.165, 1.54) is 5.56 Å². The molecule has 116 valence electrons. The third-order valence-electron chi connectivity index (χ3n) is 3.56. The van der Waals surface area contributed by atoms with Crippen LogP contribution in [0.2, 0.25) is 0 Å². The lowest BCUT2D eigenvalue weighted by Crippen LogP contribution is -2.48. The van der Waals surface area contributed by atoms with Crippen LogP contribution in [0.4, 0.5) is 10.5 Å². The zero-order valence-electron chi connectivity index (χ0n) is 12.9. The first-order valence-corrected chi connectivity index (χ1v) is 7.53. The number of nitrogens with two attached hydrogens (primary N) is 1. The van der Waals surface area contributed by atoms with Gasteiger partial charge in [0.1, 0.15) is 0 Å². The molecule has 5 nitrogen and oxygen atoms in total. The number of nitrogen functional groups attached to an aromatic ring is 1. The molecule has 1 aliphatic rings. The van der Waals surface area contributed by atoms with Crippen LogP contribution in [0.15, 0.2) is 24.3 Å². The van der Waals surface area contributed by atoms with Crippen LogP contribution in [0.25, 0.3) is 0 Å². The first-order valence-electron chi connectivity index (χ1n) is 7.53. The largest absolute Gasteiger partial charge is 0.449 e. The van der Waals surface area contributed by atoms with Crippen LogP contribution in [0.5, 0.6) is 0 Å². The molecule has 1 aliphatic heterocycles. The Morgan fingerprint density at radius 2 is 1.81 bits per heavy atom. The Hall–Kier alpha value is -1.75. The van der Waals surface area contributed by atoms with Gasteiger partial charge >= 0.3 is 6.09 Å². The first kappa shape index (κ1) is 15.6. The Morgan fingerprint density at radius 1 is 1.19 bits per heavy atom. The molecule has 1 saturated heterocycles. The average Bonchev–Trinajstić information content (AvgIpc) is 2.48. The van der Waals surface area contributed by atoms with Crippen LogP contribution < -0.4 is 5.73 Å². The highest BCUT2D eigenvalue weighted by atomic mass is 16.6. The number of hydrogen-bond donors (Lipinski definition) is 1. The second-order valence-corrected chi connectivity index (χ2v) is 5.98. The van der Waals surface area contributed by atoms with Crippen LogP contribution in [-0.4, -0.2) is 48.7 Å². The highest BCUT2D eigenvalue weighted by Crippen LogP contribution is 2.11. The lowest BCUT2D eigenvalue weighted by molar-refractivity contribution is 0.0676. The van der Waals surface area contributed by atoms with E-state index in [1.54, 1.807) is 4.90 Å². The average molecular weight is 291 g/mol. The number of benzene rings is 1. The molecule has 0 atom stereocenters. The standard InChI is InChI=1S/C16H25N3O2/c1-13(2)12-21-16(20)19-9-7-18(8-10-19)11-14-3-5-15(17)6-4-14/h3-6,13H,7-12,17H2,1-2H3. The normalized spacial score (nSPS) is 16.2. The molecular formula is C16H25N3O2. The number of rotatable bonds is 4. The lowest BCUT2D eigenvalue weighted by atomic mass is 10.2. The Morgan fingerprint density at radius 3 is 2.38 bits per heavy atom. The second-order valence-electron chi connectivity index (χ2n) is 5.98. The van der Waals surface area contributed by atoms with Crippen molar-refractivity contribution in [2.45, 2.75) is 20.4 Å². The van der Waals surface area contributed by atoms with Gasteiger partial charge in [-0.25, -0.2) is 4.79 Å². The van der Waals surface area contributed by atoms with Gasteiger partial charge in [-0.05, 0) is 23.6 Å². The predicted molar refractivity (Wildman–Crippen MR) is 83.9 cm³/mol. The maximum Gasteiger partial charge on any atom is 0.409 e. The van der Waals surface area contributed by atoms with Gasteiger partial charge in [0.15, 0.2) is 0 Å². The number of carbonyl (C=O) groups excluding carboxylic acids is 1. The molecule has 1 aromatic rings. The third kappa shape index (κ3) is 4.93. The van der Waals surface area contributed by atoms with Gasteiger partial charge in [-0.15, -0.1) is 0 Å². The minimum absolute atomic E-state index is 0.184. The Balaban J connectivity index is 1.75. The lowest BCUT2D eigenvalue weighted by Gasteiger charge is -2.34. The zero-order valence-corrected chi connectivity index (χ0v) is 12.9. The highest BCUT2D eigenvalue weighted by Gasteiger charge is 2.22. The van der Waals surface area contributed by atoms with E-state index in [2.05, 4.69) is 17.0 Å². The molecule has 1 aromatic carbocycles. The fourth-order valence-corrected chi connectivity index (χ4v) is 2.30. The van der Waals surface area contributed by atoms with Gasteiger partial charge in [0.2, 0.25) is 0 Å². The van der Waals surface area contributed by atoms with Crippen molar-refractivity contribution in [3.05, 3.63) is 29.8 Å². The SMILES string of the molecule is CC(C)COC(=O)N1CCN(Cc2ccc(N)cc2)CC1. The van der Waals surface area contributed by atoms with Gasteiger partial charge in [0.25, 0.3) is 0 Å². The summed E-state index contributed by atoms with van der Waals surface area (Å²) in [5, 5.41) is 0. The second kappa shape index (κ2) is 7.31. The molecule has 2 N–H and O–H groups in total. The number of piperazine rings is 1. The monoisotopic (exact) mass is 291 g/mol. The molecule has 1 fully saturated rings. The Bertz CT molecular complexity index is 451. The summed E-state index contributed by atoms with van der Waals surface area (Å²) < 4.78 is 5.26. The smallest absolute Gasteiger partial charge is 0.409 e. The van der Waals surface area contributed by atoms with E-state index in [1.807, 2.05) is 26.0 Å². The van der Waals surface area contributed by atoms with Gasteiger partial charge in [0.05, 0.1) is 6.61 Å². The summed E-state index contributed by atoms with van der Waals surface area (Å²) in [6.45, 7) is 8.68. The van der Waals surface area contributed by atoms with Crippen molar-refractivity contribution in [3.63, 3.8) is 0 Å². The molecule has 0 unspecified atom stereocenters. The topological polar surface area (TPSA) is 58.8 Å². The van der Waals surface area contributed by atoms with Crippen molar-refractivity contribution >= 4 is 11.8 Å². The zero-order chi connectivity index (χ0) is 15.2. The number of ether oxygens (including phenoxy) is 1. The molecule has 0 radical (unpaired) electrons. The fourth-order valence-electron chi connectivity index (χ4n) is 2.30. The summed E-state index contributed by atoms with van der Waals surface area (Å²) in [4.78, 5) is 16.0. The molecule has 0 saturated carbocycles. The summed E-state index contributed by atoms with van der Waals surface area (Å²) in [5.41, 5.74) is 7.73. The number of carbonyl (C=O) groups is 1. The number of amides is 1. The van der Waals surface area contributed by atoms with Crippen LogP contribution in [0.1, 0.15) is 19.4 Å². The molecule has 21 heavy (non-hydrogen) atoms. The van der Waals surface area contributed by atoms with Gasteiger partial charge in [-0.1, -0.05) is 26.0 Å². The summed E-state index contributed by atoms with van der Waals surface area (Å²) >= 11 is 0. The van der Waals surface area contributed by atoms with Crippen molar-refractivity contribution in [2.24, 2.45) is 5.92 Å². The highest BCUT2D eigenvalue weighted by molar-refractivity contribution is 5.67. The Labute approximate surface area is 126 Å². The molecule has 0 aromatic heterocycles. The van der Waals surface area contributed by atoms with Crippen molar-refractivity contribution in [1.82, 2.24) is 9.80 Å². The van der Waals surface area contributed by atoms with Crippen LogP contribution >= 0.6 is 0 Å². The molecule has 0 spiro atoms. The van der Waals surface area contributed by atoms with Gasteiger partial charge < -0.3 is 15.4 Å². The first-order chi connectivity index (χ1) is 10.0. The van der Waals surface area contributed by atoms with Gasteiger partial charge in [0, 0.05) is 38.4 Å². The van der Waals surface area contributed by atoms with Crippen molar-refractivity contribution in [3.8, 4) is 0 Å². The molecule has 0 bridgehead atoms. The summed E-state index contributed by atoms with van der Waals surface area (Å²) in [6, 6.07) is 7.96.